The topological polar surface area (TPSA) is 12.0 Å². The average molecular weight is 279 g/mol. The van der Waals surface area contributed by atoms with Crippen molar-refractivity contribution in [2.24, 2.45) is 5.41 Å². The lowest BCUT2D eigenvalue weighted by molar-refractivity contribution is 0.235. The maximum absolute atomic E-state index is 3.65. The van der Waals surface area contributed by atoms with E-state index in [1.54, 1.807) is 16.5 Å². The van der Waals surface area contributed by atoms with Crippen LogP contribution in [-0.2, 0) is 12.8 Å². The summed E-state index contributed by atoms with van der Waals surface area (Å²) in [5.74, 6) is 0. The Hall–Kier alpha value is -1.34. The summed E-state index contributed by atoms with van der Waals surface area (Å²) in [4.78, 5) is 0. The first-order valence-electron chi connectivity index (χ1n) is 8.43. The highest BCUT2D eigenvalue weighted by atomic mass is 14.9. The van der Waals surface area contributed by atoms with Gasteiger partial charge in [0.25, 0.3) is 0 Å². The van der Waals surface area contributed by atoms with Crippen LogP contribution in [0.1, 0.15) is 55.3 Å². The van der Waals surface area contributed by atoms with Gasteiger partial charge in [0.2, 0.25) is 0 Å². The molecular formula is C20H25N. The van der Waals surface area contributed by atoms with Crippen molar-refractivity contribution in [2.45, 2.75) is 51.5 Å². The smallest absolute Gasteiger partial charge is 0.0378 e. The van der Waals surface area contributed by atoms with Gasteiger partial charge in [0.05, 0.1) is 0 Å². The zero-order valence-electron chi connectivity index (χ0n) is 13.2. The van der Waals surface area contributed by atoms with Crippen molar-refractivity contribution in [3.63, 3.8) is 0 Å². The van der Waals surface area contributed by atoms with Gasteiger partial charge in [-0.3, -0.25) is 0 Å². The number of hydrogen-bond donors (Lipinski definition) is 1. The molecular weight excluding hydrogens is 254 g/mol. The minimum absolute atomic E-state index is 0.410. The third kappa shape index (κ3) is 1.94. The second-order valence-electron chi connectivity index (χ2n) is 7.24. The van der Waals surface area contributed by atoms with Gasteiger partial charge in [-0.15, -0.1) is 0 Å². The zero-order chi connectivity index (χ0) is 14.4. The lowest BCUT2D eigenvalue weighted by atomic mass is 9.76. The van der Waals surface area contributed by atoms with Crippen molar-refractivity contribution >= 4 is 10.8 Å². The fourth-order valence-electron chi connectivity index (χ4n) is 4.87. The molecule has 0 amide bonds. The summed E-state index contributed by atoms with van der Waals surface area (Å²) >= 11 is 0. The summed E-state index contributed by atoms with van der Waals surface area (Å²) < 4.78 is 0. The van der Waals surface area contributed by atoms with Crippen LogP contribution in [0.5, 0.6) is 0 Å². The van der Waals surface area contributed by atoms with Crippen molar-refractivity contribution in [3.05, 3.63) is 47.0 Å². The lowest BCUT2D eigenvalue weighted by Crippen LogP contribution is -2.32. The number of hydrogen-bond acceptors (Lipinski definition) is 1. The largest absolute Gasteiger partial charge is 0.313 e. The normalized spacial score (nSPS) is 21.0. The molecule has 0 spiro atoms. The van der Waals surface area contributed by atoms with Crippen LogP contribution in [-0.4, -0.2) is 7.05 Å². The summed E-state index contributed by atoms with van der Waals surface area (Å²) in [6.45, 7) is 2.48. The summed E-state index contributed by atoms with van der Waals surface area (Å²) in [6, 6.07) is 12.2. The number of nitrogens with one attached hydrogen (secondary N) is 1. The number of aryl methyl sites for hydroxylation is 2. The SMILES string of the molecule is CNC(c1ccc2c3c(cccc13)CC2)C1(C)CCCC1. The van der Waals surface area contributed by atoms with Crippen LogP contribution in [0, 0.1) is 5.41 Å². The van der Waals surface area contributed by atoms with E-state index in [-0.39, 0.29) is 0 Å². The van der Waals surface area contributed by atoms with Gasteiger partial charge in [-0.05, 0) is 65.6 Å². The van der Waals surface area contributed by atoms with Crippen LogP contribution in [0.3, 0.4) is 0 Å². The lowest BCUT2D eigenvalue weighted by Gasteiger charge is -2.35. The van der Waals surface area contributed by atoms with Crippen molar-refractivity contribution in [2.75, 3.05) is 7.05 Å². The molecule has 2 aliphatic rings. The Labute approximate surface area is 127 Å². The molecule has 0 heterocycles. The predicted octanol–water partition coefficient (Wildman–Crippen LogP) is 4.78. The molecule has 2 aromatic carbocycles. The maximum atomic E-state index is 3.65. The first-order chi connectivity index (χ1) is 10.2. The molecule has 2 aliphatic carbocycles. The molecule has 2 aromatic rings. The van der Waals surface area contributed by atoms with Crippen LogP contribution in [0.25, 0.3) is 10.8 Å². The second kappa shape index (κ2) is 4.84. The summed E-state index contributed by atoms with van der Waals surface area (Å²) in [5, 5.41) is 6.70. The van der Waals surface area contributed by atoms with Crippen LogP contribution in [0.2, 0.25) is 0 Å². The van der Waals surface area contributed by atoms with Gasteiger partial charge in [-0.25, -0.2) is 0 Å². The van der Waals surface area contributed by atoms with Gasteiger partial charge in [-0.1, -0.05) is 50.1 Å². The average Bonchev–Trinajstić information content (AvgIpc) is 3.11. The second-order valence-corrected chi connectivity index (χ2v) is 7.24. The Morgan fingerprint density at radius 3 is 2.43 bits per heavy atom. The molecule has 0 aliphatic heterocycles. The number of benzene rings is 2. The van der Waals surface area contributed by atoms with Gasteiger partial charge in [0.1, 0.15) is 0 Å². The van der Waals surface area contributed by atoms with Crippen molar-refractivity contribution in [1.29, 1.82) is 0 Å². The minimum Gasteiger partial charge on any atom is -0.313 e. The Kier molecular flexibility index (Phi) is 3.08. The Bertz CT molecular complexity index is 669. The summed E-state index contributed by atoms with van der Waals surface area (Å²) in [6.07, 6.45) is 7.91. The van der Waals surface area contributed by atoms with Gasteiger partial charge in [0, 0.05) is 6.04 Å². The summed E-state index contributed by atoms with van der Waals surface area (Å²) in [5.41, 5.74) is 5.03. The number of rotatable bonds is 3. The van der Waals surface area contributed by atoms with E-state index in [0.717, 1.165) is 0 Å². The monoisotopic (exact) mass is 279 g/mol. The molecule has 1 N–H and O–H groups in total. The molecule has 1 nitrogen and oxygen atoms in total. The molecule has 0 bridgehead atoms. The van der Waals surface area contributed by atoms with E-state index in [1.807, 2.05) is 0 Å². The van der Waals surface area contributed by atoms with E-state index < -0.39 is 0 Å². The molecule has 1 fully saturated rings. The van der Waals surface area contributed by atoms with Gasteiger partial charge in [-0.2, -0.15) is 0 Å². The van der Waals surface area contributed by atoms with Crippen LogP contribution >= 0.6 is 0 Å². The first-order valence-corrected chi connectivity index (χ1v) is 8.43. The molecule has 1 unspecified atom stereocenters. The molecule has 1 heteroatoms. The highest BCUT2D eigenvalue weighted by Gasteiger charge is 2.38. The quantitative estimate of drug-likeness (QED) is 0.852. The summed E-state index contributed by atoms with van der Waals surface area (Å²) in [7, 11) is 2.14. The highest BCUT2D eigenvalue weighted by molar-refractivity contribution is 5.93. The van der Waals surface area contributed by atoms with Gasteiger partial charge < -0.3 is 5.32 Å². The van der Waals surface area contributed by atoms with Crippen molar-refractivity contribution in [1.82, 2.24) is 5.32 Å². The van der Waals surface area contributed by atoms with Crippen LogP contribution in [0.4, 0.5) is 0 Å². The molecule has 110 valence electrons. The van der Waals surface area contributed by atoms with Gasteiger partial charge in [0.15, 0.2) is 0 Å². The Morgan fingerprint density at radius 2 is 1.71 bits per heavy atom. The standard InChI is InChI=1S/C20H25N/c1-20(12-3-4-13-20)19(21-2)17-11-10-15-9-8-14-6-5-7-16(17)18(14)15/h5-7,10-11,19,21H,3-4,8-9,12-13H2,1-2H3. The molecule has 0 aromatic heterocycles. The Morgan fingerprint density at radius 1 is 1.00 bits per heavy atom. The maximum Gasteiger partial charge on any atom is 0.0378 e. The minimum atomic E-state index is 0.410. The highest BCUT2D eigenvalue weighted by Crippen LogP contribution is 2.49. The molecule has 4 rings (SSSR count). The third-order valence-electron chi connectivity index (χ3n) is 5.95. The van der Waals surface area contributed by atoms with Crippen molar-refractivity contribution in [3.8, 4) is 0 Å². The predicted molar refractivity (Wildman–Crippen MR) is 89.7 cm³/mol. The zero-order valence-corrected chi connectivity index (χ0v) is 13.2. The molecule has 1 atom stereocenters. The fraction of sp³-hybridized carbons (Fsp3) is 0.500. The fourth-order valence-corrected chi connectivity index (χ4v) is 4.87. The van der Waals surface area contributed by atoms with Crippen LogP contribution in [0.15, 0.2) is 30.3 Å². The van der Waals surface area contributed by atoms with E-state index in [1.165, 1.54) is 49.5 Å². The molecule has 21 heavy (non-hydrogen) atoms. The van der Waals surface area contributed by atoms with Crippen LogP contribution < -0.4 is 5.32 Å². The van der Waals surface area contributed by atoms with E-state index in [0.29, 0.717) is 11.5 Å². The van der Waals surface area contributed by atoms with E-state index in [2.05, 4.69) is 49.6 Å². The Balaban J connectivity index is 1.90. The molecule has 0 saturated heterocycles. The van der Waals surface area contributed by atoms with Gasteiger partial charge >= 0.3 is 0 Å². The van der Waals surface area contributed by atoms with Crippen molar-refractivity contribution < 1.29 is 0 Å². The van der Waals surface area contributed by atoms with E-state index >= 15 is 0 Å². The molecule has 0 radical (unpaired) electrons. The van der Waals surface area contributed by atoms with E-state index in [4.69, 9.17) is 0 Å². The third-order valence-corrected chi connectivity index (χ3v) is 5.95. The van der Waals surface area contributed by atoms with E-state index in [9.17, 15) is 0 Å². The first kappa shape index (κ1) is 13.3. The molecule has 1 saturated carbocycles.